The van der Waals surface area contributed by atoms with Crippen molar-refractivity contribution in [2.75, 3.05) is 10.2 Å². The Morgan fingerprint density at radius 3 is 2.64 bits per heavy atom. The van der Waals surface area contributed by atoms with E-state index in [1.807, 2.05) is 53.5 Å². The highest BCUT2D eigenvalue weighted by molar-refractivity contribution is 8.32. The second-order valence-electron chi connectivity index (χ2n) is 2.95. The fourth-order valence-corrected chi connectivity index (χ4v) is 5.42. The molecule has 14 heavy (non-hydrogen) atoms. The van der Waals surface area contributed by atoms with E-state index in [1.165, 1.54) is 5.56 Å². The molecule has 0 bridgehead atoms. The fourth-order valence-electron chi connectivity index (χ4n) is 1.15. The molecule has 0 spiro atoms. The molecule has 0 atom stereocenters. The largest absolute Gasteiger partial charge is 0.469 e. The van der Waals surface area contributed by atoms with E-state index in [9.17, 15) is 0 Å². The van der Waals surface area contributed by atoms with Gasteiger partial charge < -0.3 is 4.74 Å². The summed E-state index contributed by atoms with van der Waals surface area (Å²) in [5, 5.41) is 2.28. The zero-order valence-electron chi connectivity index (χ0n) is 7.93. The molecule has 76 valence electrons. The molecule has 0 N–H and O–H groups in total. The van der Waals surface area contributed by atoms with Crippen LogP contribution in [0.25, 0.3) is 0 Å². The molecule has 1 heterocycles. The average Bonchev–Trinajstić information content (AvgIpc) is 2.23. The van der Waals surface area contributed by atoms with Crippen LogP contribution in [0.2, 0.25) is 0 Å². The van der Waals surface area contributed by atoms with Crippen molar-refractivity contribution in [3.8, 4) is 5.75 Å². The lowest BCUT2D eigenvalue weighted by Gasteiger charge is -2.22. The number of rotatable bonds is 2. The van der Waals surface area contributed by atoms with Gasteiger partial charge in [0, 0.05) is 10.2 Å². The molecule has 1 aromatic rings. The van der Waals surface area contributed by atoms with Gasteiger partial charge in [-0.2, -0.15) is 0 Å². The molecular weight excluding hydrogens is 232 g/mol. The van der Waals surface area contributed by atoms with E-state index in [0.717, 1.165) is 15.9 Å². The minimum absolute atomic E-state index is 0.275. The van der Waals surface area contributed by atoms with Gasteiger partial charge in [-0.25, -0.2) is 0 Å². The Hall–Kier alpha value is 0.0700. The molecule has 1 fully saturated rings. The Bertz CT molecular complexity index is 297. The number of hydrogen-bond acceptors (Lipinski definition) is 4. The molecule has 0 radical (unpaired) electrons. The third-order valence-electron chi connectivity index (χ3n) is 1.89. The maximum atomic E-state index is 5.90. The predicted molar refractivity (Wildman–Crippen MR) is 68.1 cm³/mol. The highest BCUT2D eigenvalue weighted by Gasteiger charge is 2.16. The van der Waals surface area contributed by atoms with Crippen molar-refractivity contribution in [1.82, 2.24) is 0 Å². The molecule has 1 aliphatic rings. The van der Waals surface area contributed by atoms with Gasteiger partial charge in [0.25, 0.3) is 0 Å². The maximum Gasteiger partial charge on any atom is 0.192 e. The van der Waals surface area contributed by atoms with Crippen molar-refractivity contribution in [1.29, 1.82) is 0 Å². The minimum Gasteiger partial charge on any atom is -0.469 e. The summed E-state index contributed by atoms with van der Waals surface area (Å²) in [6.45, 7) is 2.09. The summed E-state index contributed by atoms with van der Waals surface area (Å²) in [5.41, 5.74) is 1.21. The smallest absolute Gasteiger partial charge is 0.192 e. The van der Waals surface area contributed by atoms with Crippen LogP contribution in [0.15, 0.2) is 24.3 Å². The van der Waals surface area contributed by atoms with E-state index in [-0.39, 0.29) is 4.77 Å². The lowest BCUT2D eigenvalue weighted by molar-refractivity contribution is 0.363. The monoisotopic (exact) mass is 244 g/mol. The number of benzene rings is 1. The number of thioether (sulfide) groups is 3. The summed E-state index contributed by atoms with van der Waals surface area (Å²) in [5.74, 6) is 1.02. The molecule has 2 rings (SSSR count). The van der Waals surface area contributed by atoms with Gasteiger partial charge in [-0.05, 0) is 18.6 Å². The Morgan fingerprint density at radius 1 is 1.21 bits per heavy atom. The first kappa shape index (κ1) is 10.6. The molecule has 0 amide bonds. The highest BCUT2D eigenvalue weighted by Crippen LogP contribution is 2.37. The van der Waals surface area contributed by atoms with Crippen LogP contribution in [0.1, 0.15) is 5.56 Å². The third-order valence-corrected chi connectivity index (χ3v) is 5.87. The zero-order chi connectivity index (χ0) is 9.80. The van der Waals surface area contributed by atoms with Gasteiger partial charge in [0.05, 0.1) is 0 Å². The molecule has 0 saturated carbocycles. The van der Waals surface area contributed by atoms with Crippen LogP contribution in [-0.2, 0) is 0 Å². The summed E-state index contributed by atoms with van der Waals surface area (Å²) in [7, 11) is 0. The molecular formula is C10H12OS3. The van der Waals surface area contributed by atoms with Crippen LogP contribution in [0.4, 0.5) is 0 Å². The predicted octanol–water partition coefficient (Wildman–Crippen LogP) is 3.79. The minimum atomic E-state index is 0.275. The molecule has 4 heteroatoms. The number of ether oxygens (including phenoxy) is 1. The van der Waals surface area contributed by atoms with Crippen molar-refractivity contribution in [2.45, 2.75) is 11.7 Å². The van der Waals surface area contributed by atoms with Gasteiger partial charge in [-0.1, -0.05) is 41.7 Å². The van der Waals surface area contributed by atoms with Crippen LogP contribution < -0.4 is 4.74 Å². The summed E-state index contributed by atoms with van der Waals surface area (Å²) >= 11 is 5.70. The molecule has 1 saturated heterocycles. The van der Waals surface area contributed by atoms with E-state index in [1.54, 1.807) is 0 Å². The maximum absolute atomic E-state index is 5.90. The van der Waals surface area contributed by atoms with Gasteiger partial charge in [0.1, 0.15) is 5.75 Å². The molecule has 1 aliphatic heterocycles. The normalized spacial score (nSPS) is 18.1. The van der Waals surface area contributed by atoms with Crippen LogP contribution in [0.5, 0.6) is 5.75 Å². The van der Waals surface area contributed by atoms with Crippen molar-refractivity contribution >= 4 is 35.3 Å². The van der Waals surface area contributed by atoms with Crippen molar-refractivity contribution < 1.29 is 4.74 Å². The summed E-state index contributed by atoms with van der Waals surface area (Å²) in [6.07, 6.45) is 0. The Balaban J connectivity index is 1.99. The van der Waals surface area contributed by atoms with Gasteiger partial charge in [-0.3, -0.25) is 0 Å². The molecule has 1 nitrogen and oxygen atoms in total. The van der Waals surface area contributed by atoms with E-state index in [2.05, 4.69) is 13.0 Å². The van der Waals surface area contributed by atoms with E-state index in [4.69, 9.17) is 4.74 Å². The van der Waals surface area contributed by atoms with Gasteiger partial charge >= 0.3 is 0 Å². The van der Waals surface area contributed by atoms with Crippen LogP contribution in [0, 0.1) is 6.92 Å². The molecule has 0 aliphatic carbocycles. The van der Waals surface area contributed by atoms with Crippen LogP contribution in [0.3, 0.4) is 0 Å². The standard InChI is InChI=1S/C10H12OS3/c1-8-4-2-3-5-9(8)11-10-13-6-12-7-14-10/h2-5,10H,6-7H2,1H3. The first-order chi connectivity index (χ1) is 6.86. The fraction of sp³-hybridized carbons (Fsp3) is 0.400. The third kappa shape index (κ3) is 2.78. The molecule has 0 aromatic heterocycles. The number of para-hydroxylation sites is 1. The second kappa shape index (κ2) is 5.24. The number of aryl methyl sites for hydroxylation is 1. The Labute approximate surface area is 97.4 Å². The van der Waals surface area contributed by atoms with Crippen molar-refractivity contribution in [3.63, 3.8) is 0 Å². The average molecular weight is 244 g/mol. The van der Waals surface area contributed by atoms with Crippen LogP contribution in [-0.4, -0.2) is 14.9 Å². The second-order valence-corrected chi connectivity index (χ2v) is 7.06. The first-order valence-corrected chi connectivity index (χ1v) is 7.65. The topological polar surface area (TPSA) is 9.23 Å². The van der Waals surface area contributed by atoms with E-state index in [0.29, 0.717) is 0 Å². The number of hydrogen-bond donors (Lipinski definition) is 0. The Morgan fingerprint density at radius 2 is 1.93 bits per heavy atom. The lowest BCUT2D eigenvalue weighted by Crippen LogP contribution is -2.11. The molecule has 1 aromatic carbocycles. The molecule has 0 unspecified atom stereocenters. The SMILES string of the molecule is Cc1ccccc1OC1SCSCS1. The lowest BCUT2D eigenvalue weighted by atomic mass is 10.2. The van der Waals surface area contributed by atoms with E-state index >= 15 is 0 Å². The zero-order valence-corrected chi connectivity index (χ0v) is 10.4. The Kier molecular flexibility index (Phi) is 3.96. The summed E-state index contributed by atoms with van der Waals surface area (Å²) in [6, 6.07) is 8.19. The van der Waals surface area contributed by atoms with Crippen molar-refractivity contribution in [2.24, 2.45) is 0 Å². The first-order valence-electron chi connectivity index (χ1n) is 4.39. The summed E-state index contributed by atoms with van der Waals surface area (Å²) in [4.78, 5) is 0. The van der Waals surface area contributed by atoms with Crippen molar-refractivity contribution in [3.05, 3.63) is 29.8 Å². The van der Waals surface area contributed by atoms with Gasteiger partial charge in [0.15, 0.2) is 4.77 Å². The van der Waals surface area contributed by atoms with Gasteiger partial charge in [0.2, 0.25) is 0 Å². The van der Waals surface area contributed by atoms with Gasteiger partial charge in [-0.15, -0.1) is 11.8 Å². The highest BCUT2D eigenvalue weighted by atomic mass is 32.3. The quantitative estimate of drug-likeness (QED) is 0.782. The summed E-state index contributed by atoms with van der Waals surface area (Å²) < 4.78 is 6.17. The van der Waals surface area contributed by atoms with Crippen LogP contribution >= 0.6 is 35.3 Å². The van der Waals surface area contributed by atoms with E-state index < -0.39 is 0 Å².